The van der Waals surface area contributed by atoms with Gasteiger partial charge in [-0.1, -0.05) is 89.4 Å². The van der Waals surface area contributed by atoms with Crippen molar-refractivity contribution in [1.29, 1.82) is 0 Å². The minimum Gasteiger partial charge on any atom is -0.493 e. The lowest BCUT2D eigenvalue weighted by molar-refractivity contribution is -0.139. The summed E-state index contributed by atoms with van der Waals surface area (Å²) in [5.74, 6) is 1.38. The smallest absolute Gasteiger partial charge is 0.333 e. The minimum atomic E-state index is -0.736. The van der Waals surface area contributed by atoms with Crippen molar-refractivity contribution in [3.63, 3.8) is 0 Å². The Kier molecular flexibility index (Phi) is 15.1. The number of aliphatic hydroxyl groups excluding tert-OH is 2. The van der Waals surface area contributed by atoms with E-state index in [0.29, 0.717) is 42.1 Å². The van der Waals surface area contributed by atoms with Gasteiger partial charge in [-0.25, -0.2) is 9.18 Å². The Labute approximate surface area is 299 Å². The first kappa shape index (κ1) is 39.3. The van der Waals surface area contributed by atoms with Gasteiger partial charge in [0.15, 0.2) is 0 Å². The van der Waals surface area contributed by atoms with Crippen LogP contribution in [0, 0.1) is 17.2 Å². The van der Waals surface area contributed by atoms with E-state index >= 15 is 4.39 Å². The molecule has 0 aliphatic heterocycles. The third kappa shape index (κ3) is 10.3. The zero-order valence-corrected chi connectivity index (χ0v) is 30.9. The fraction of sp³-hybridized carbons (Fsp3) is 0.523. The average Bonchev–Trinajstić information content (AvgIpc) is 3.14. The molecule has 5 nitrogen and oxygen atoms in total. The number of hydrogen-bond acceptors (Lipinski definition) is 5. The Bertz CT molecular complexity index is 1540. The van der Waals surface area contributed by atoms with Gasteiger partial charge in [0.1, 0.15) is 11.6 Å². The molecule has 0 spiro atoms. The van der Waals surface area contributed by atoms with Gasteiger partial charge in [0, 0.05) is 11.1 Å². The summed E-state index contributed by atoms with van der Waals surface area (Å²) < 4.78 is 27.3. The number of rotatable bonds is 19. The first-order valence-electron chi connectivity index (χ1n) is 18.9. The Morgan fingerprint density at radius 2 is 1.56 bits per heavy atom. The van der Waals surface area contributed by atoms with Crippen molar-refractivity contribution >= 4 is 5.97 Å². The van der Waals surface area contributed by atoms with Crippen LogP contribution in [0.4, 0.5) is 4.39 Å². The van der Waals surface area contributed by atoms with Crippen LogP contribution in [0.2, 0.25) is 0 Å². The number of benzene rings is 3. The van der Waals surface area contributed by atoms with Crippen LogP contribution in [-0.4, -0.2) is 42.6 Å². The van der Waals surface area contributed by atoms with Crippen LogP contribution in [0.3, 0.4) is 0 Å². The molecule has 50 heavy (non-hydrogen) atoms. The lowest BCUT2D eigenvalue weighted by Gasteiger charge is -2.29. The Balaban J connectivity index is 1.53. The summed E-state index contributed by atoms with van der Waals surface area (Å²) >= 11 is 0. The predicted octanol–water partition coefficient (Wildman–Crippen LogP) is 10.4. The molecule has 0 unspecified atom stereocenters. The average molecular weight is 687 g/mol. The molecular formula is C44H59FO5. The molecule has 1 aliphatic carbocycles. The van der Waals surface area contributed by atoms with E-state index in [-0.39, 0.29) is 32.2 Å². The largest absolute Gasteiger partial charge is 0.493 e. The first-order valence-corrected chi connectivity index (χ1v) is 18.9. The van der Waals surface area contributed by atoms with Gasteiger partial charge in [-0.2, -0.15) is 0 Å². The van der Waals surface area contributed by atoms with Crippen molar-refractivity contribution in [2.24, 2.45) is 11.3 Å². The molecule has 272 valence electrons. The van der Waals surface area contributed by atoms with E-state index in [0.717, 1.165) is 58.6 Å². The second kappa shape index (κ2) is 19.2. The van der Waals surface area contributed by atoms with Crippen LogP contribution < -0.4 is 4.74 Å². The molecule has 1 saturated carbocycles. The molecule has 2 N–H and O–H groups in total. The monoisotopic (exact) mass is 686 g/mol. The number of carbonyl (C=O) groups is 1. The SMILES string of the molecule is C=C(C)C(=O)OCCCc1cc(-c2ccc(-c3ccc(C4CCC(CCCCC)CC4)cc3F)c(CC)c2)ccc1OCC(CC)(CO)CO. The molecule has 4 rings (SSSR count). The van der Waals surface area contributed by atoms with Crippen molar-refractivity contribution in [2.45, 2.75) is 111 Å². The summed E-state index contributed by atoms with van der Waals surface area (Å²) in [5, 5.41) is 19.9. The van der Waals surface area contributed by atoms with Gasteiger partial charge in [-0.3, -0.25) is 0 Å². The highest BCUT2D eigenvalue weighted by atomic mass is 19.1. The van der Waals surface area contributed by atoms with E-state index in [1.165, 1.54) is 38.5 Å². The van der Waals surface area contributed by atoms with Crippen molar-refractivity contribution in [2.75, 3.05) is 26.4 Å². The molecule has 0 saturated heterocycles. The lowest BCUT2D eigenvalue weighted by Crippen LogP contribution is -2.35. The van der Waals surface area contributed by atoms with Gasteiger partial charge in [0.05, 0.1) is 31.8 Å². The van der Waals surface area contributed by atoms with Crippen LogP contribution in [0.1, 0.15) is 115 Å². The van der Waals surface area contributed by atoms with E-state index in [1.807, 2.05) is 31.2 Å². The summed E-state index contributed by atoms with van der Waals surface area (Å²) in [4.78, 5) is 11.9. The van der Waals surface area contributed by atoms with E-state index in [2.05, 4.69) is 44.7 Å². The van der Waals surface area contributed by atoms with Gasteiger partial charge >= 0.3 is 5.97 Å². The standard InChI is InChI=1S/C44H59FO5/c1-6-9-10-12-32-14-16-34(17-15-32)37-19-22-40(41(45)27-37)39-21-18-35(25-33(39)7-2)36-20-23-42(50-30-44(8-3,28-46)29-47)38(26-36)13-11-24-49-43(48)31(4)5/h18-23,25-27,32,34,46-47H,4,6-17,24,28-30H2,1-3,5H3. The highest BCUT2D eigenvalue weighted by Crippen LogP contribution is 2.40. The van der Waals surface area contributed by atoms with E-state index in [1.54, 1.807) is 13.0 Å². The summed E-state index contributed by atoms with van der Waals surface area (Å²) in [6.45, 7) is 11.6. The number of hydrogen-bond donors (Lipinski definition) is 2. The molecule has 0 heterocycles. The maximum atomic E-state index is 15.8. The zero-order chi connectivity index (χ0) is 36.1. The van der Waals surface area contributed by atoms with Crippen molar-refractivity contribution in [3.05, 3.63) is 89.3 Å². The third-order valence-corrected chi connectivity index (χ3v) is 10.8. The molecule has 3 aromatic rings. The number of carbonyl (C=O) groups excluding carboxylic acids is 1. The van der Waals surface area contributed by atoms with Gasteiger partial charge in [0.2, 0.25) is 0 Å². The Morgan fingerprint density at radius 3 is 2.18 bits per heavy atom. The molecule has 0 atom stereocenters. The first-order chi connectivity index (χ1) is 24.2. The summed E-state index contributed by atoms with van der Waals surface area (Å²) in [7, 11) is 0. The van der Waals surface area contributed by atoms with Crippen molar-refractivity contribution in [1.82, 2.24) is 0 Å². The van der Waals surface area contributed by atoms with Crippen LogP contribution in [0.5, 0.6) is 5.75 Å². The van der Waals surface area contributed by atoms with Crippen LogP contribution in [0.15, 0.2) is 66.7 Å². The van der Waals surface area contributed by atoms with Gasteiger partial charge in [-0.15, -0.1) is 0 Å². The second-order valence-electron chi connectivity index (χ2n) is 14.5. The van der Waals surface area contributed by atoms with Gasteiger partial charge in [-0.05, 0) is 122 Å². The quantitative estimate of drug-likeness (QED) is 0.0746. The molecule has 0 aromatic heterocycles. The van der Waals surface area contributed by atoms with Crippen molar-refractivity contribution in [3.8, 4) is 28.0 Å². The van der Waals surface area contributed by atoms with E-state index < -0.39 is 11.4 Å². The number of halogens is 1. The highest BCUT2D eigenvalue weighted by molar-refractivity contribution is 5.86. The third-order valence-electron chi connectivity index (χ3n) is 10.8. The summed E-state index contributed by atoms with van der Waals surface area (Å²) in [6, 6.07) is 18.2. The minimum absolute atomic E-state index is 0.153. The van der Waals surface area contributed by atoms with Crippen LogP contribution in [0.25, 0.3) is 22.3 Å². The topological polar surface area (TPSA) is 76.0 Å². The Hall–Kier alpha value is -3.48. The Morgan fingerprint density at radius 1 is 0.880 bits per heavy atom. The van der Waals surface area contributed by atoms with Crippen molar-refractivity contribution < 1.29 is 28.9 Å². The second-order valence-corrected chi connectivity index (χ2v) is 14.5. The van der Waals surface area contributed by atoms with Gasteiger partial charge < -0.3 is 19.7 Å². The molecule has 0 bridgehead atoms. The number of aryl methyl sites for hydroxylation is 2. The number of esters is 1. The number of ether oxygens (including phenoxy) is 2. The van der Waals surface area contributed by atoms with E-state index in [9.17, 15) is 15.0 Å². The maximum absolute atomic E-state index is 15.8. The molecule has 3 aromatic carbocycles. The molecule has 0 amide bonds. The van der Waals surface area contributed by atoms with Gasteiger partial charge in [0.25, 0.3) is 0 Å². The van der Waals surface area contributed by atoms with E-state index in [4.69, 9.17) is 9.47 Å². The summed E-state index contributed by atoms with van der Waals surface area (Å²) in [6.07, 6.45) is 12.6. The zero-order valence-electron chi connectivity index (χ0n) is 30.9. The highest BCUT2D eigenvalue weighted by Gasteiger charge is 2.28. The molecule has 0 radical (unpaired) electrons. The number of unbranched alkanes of at least 4 members (excludes halogenated alkanes) is 2. The lowest BCUT2D eigenvalue weighted by atomic mass is 9.77. The summed E-state index contributed by atoms with van der Waals surface area (Å²) in [5.41, 5.74) is 6.36. The fourth-order valence-corrected chi connectivity index (χ4v) is 7.14. The normalized spacial score (nSPS) is 16.3. The maximum Gasteiger partial charge on any atom is 0.333 e. The fourth-order valence-electron chi connectivity index (χ4n) is 7.14. The van der Waals surface area contributed by atoms with Crippen LogP contribution in [-0.2, 0) is 22.4 Å². The van der Waals surface area contributed by atoms with Crippen LogP contribution >= 0.6 is 0 Å². The molecule has 1 aliphatic rings. The molecule has 1 fully saturated rings. The molecule has 6 heteroatoms. The number of aliphatic hydroxyl groups is 2. The predicted molar refractivity (Wildman–Crippen MR) is 202 cm³/mol. The molecular weight excluding hydrogens is 627 g/mol.